The van der Waals surface area contributed by atoms with Crippen molar-refractivity contribution in [1.82, 2.24) is 0 Å². The van der Waals surface area contributed by atoms with Crippen LogP contribution in [-0.2, 0) is 4.74 Å². The van der Waals surface area contributed by atoms with Crippen molar-refractivity contribution < 1.29 is 4.74 Å². The summed E-state index contributed by atoms with van der Waals surface area (Å²) in [5, 5.41) is 0. The first kappa shape index (κ1) is 30.0. The third kappa shape index (κ3) is 6.86. The van der Waals surface area contributed by atoms with Crippen LogP contribution in [0.25, 0.3) is 0 Å². The Morgan fingerprint density at radius 2 is 0.707 bits per heavy atom. The number of hydrogen-bond donors (Lipinski definition) is 0. The number of nitrogens with zero attached hydrogens (tertiary/aromatic N) is 4. The van der Waals surface area contributed by atoms with Crippen molar-refractivity contribution in [3.05, 3.63) is 118 Å². The maximum Gasteiger partial charge on any atom is 0.109 e. The fourth-order valence-corrected chi connectivity index (χ4v) is 5.16. The van der Waals surface area contributed by atoms with E-state index in [-0.39, 0.29) is 12.2 Å². The molecule has 216 valence electrons. The molecule has 4 aromatic rings. The fourth-order valence-electron chi connectivity index (χ4n) is 5.16. The molecule has 0 saturated heterocycles. The van der Waals surface area contributed by atoms with Crippen LogP contribution >= 0.6 is 0 Å². The van der Waals surface area contributed by atoms with E-state index in [4.69, 9.17) is 4.74 Å². The second-order valence-corrected chi connectivity index (χ2v) is 11.7. The quantitative estimate of drug-likeness (QED) is 0.204. The van der Waals surface area contributed by atoms with Crippen molar-refractivity contribution in [1.29, 1.82) is 0 Å². The van der Waals surface area contributed by atoms with Gasteiger partial charge in [0.15, 0.2) is 0 Å². The summed E-state index contributed by atoms with van der Waals surface area (Å²) in [4.78, 5) is 8.54. The Balaban J connectivity index is 1.87. The van der Waals surface area contributed by atoms with E-state index in [0.29, 0.717) is 0 Å². The van der Waals surface area contributed by atoms with Gasteiger partial charge in [-0.2, -0.15) is 0 Å². The molecule has 2 atom stereocenters. The fraction of sp³-hybridized carbons (Fsp3) is 0.333. The molecule has 4 aromatic carbocycles. The van der Waals surface area contributed by atoms with Gasteiger partial charge in [-0.3, -0.25) is 0 Å². The topological polar surface area (TPSA) is 22.2 Å². The van der Waals surface area contributed by atoms with Gasteiger partial charge < -0.3 is 24.3 Å². The van der Waals surface area contributed by atoms with Crippen molar-refractivity contribution in [2.75, 3.05) is 76.0 Å². The summed E-state index contributed by atoms with van der Waals surface area (Å²) in [6.45, 7) is 4.37. The zero-order valence-corrected chi connectivity index (χ0v) is 26.4. The lowest BCUT2D eigenvalue weighted by molar-refractivity contribution is 0.0302. The number of hydrogen-bond acceptors (Lipinski definition) is 5. The van der Waals surface area contributed by atoms with Gasteiger partial charge in [0.05, 0.1) is 0 Å². The summed E-state index contributed by atoms with van der Waals surface area (Å²) in [6, 6.07) is 30.8. The third-order valence-electron chi connectivity index (χ3n) is 7.80. The van der Waals surface area contributed by atoms with Gasteiger partial charge in [0.1, 0.15) is 12.2 Å². The first-order valence-corrected chi connectivity index (χ1v) is 14.2. The molecule has 5 heteroatoms. The maximum absolute atomic E-state index is 7.30. The minimum atomic E-state index is -0.256. The Morgan fingerprint density at radius 3 is 0.976 bits per heavy atom. The molecule has 4 rings (SSSR count). The monoisotopic (exact) mass is 550 g/mol. The first-order valence-electron chi connectivity index (χ1n) is 14.2. The lowest BCUT2D eigenvalue weighted by atomic mass is 9.93. The van der Waals surface area contributed by atoms with E-state index < -0.39 is 0 Å². The van der Waals surface area contributed by atoms with Gasteiger partial charge in [0.2, 0.25) is 0 Å². The van der Waals surface area contributed by atoms with E-state index in [9.17, 15) is 0 Å². The van der Waals surface area contributed by atoms with Crippen LogP contribution in [-0.4, -0.2) is 56.4 Å². The highest BCUT2D eigenvalue weighted by atomic mass is 16.5. The zero-order valence-electron chi connectivity index (χ0n) is 26.4. The zero-order chi connectivity index (χ0) is 29.8. The Bertz CT molecular complexity index is 1330. The van der Waals surface area contributed by atoms with Crippen LogP contribution in [0.4, 0.5) is 22.7 Å². The van der Waals surface area contributed by atoms with E-state index in [1.807, 2.05) is 0 Å². The van der Waals surface area contributed by atoms with Crippen LogP contribution in [0.1, 0.15) is 45.6 Å². The van der Waals surface area contributed by atoms with Crippen molar-refractivity contribution in [3.8, 4) is 0 Å². The van der Waals surface area contributed by atoms with Crippen molar-refractivity contribution >= 4 is 22.7 Å². The van der Waals surface area contributed by atoms with E-state index in [1.165, 1.54) is 33.6 Å². The molecule has 0 radical (unpaired) electrons. The molecule has 0 spiro atoms. The molecule has 0 aliphatic rings. The normalized spacial score (nSPS) is 12.5. The summed E-state index contributed by atoms with van der Waals surface area (Å²) in [5.74, 6) is 0. The number of anilines is 4. The van der Waals surface area contributed by atoms with Gasteiger partial charge >= 0.3 is 0 Å². The van der Waals surface area contributed by atoms with E-state index in [0.717, 1.165) is 22.5 Å². The Labute approximate surface area is 247 Å². The molecule has 5 nitrogen and oxygen atoms in total. The highest BCUT2D eigenvalue weighted by molar-refractivity contribution is 5.55. The summed E-state index contributed by atoms with van der Waals surface area (Å²) >= 11 is 0. The standard InChI is InChI=1S/C36H46N4O/c1-25-23-31(39(7)8)19-21-33(25)35(27-11-15-29(16-12-27)37(3)4)41-36(28-13-17-30(18-14-28)38(5)6)34-22-20-32(40(9)10)24-26(34)2/h11-24,35-36H,1-10H3. The molecule has 0 aliphatic heterocycles. The van der Waals surface area contributed by atoms with Gasteiger partial charge in [-0.15, -0.1) is 0 Å². The Kier molecular flexibility index (Phi) is 9.29. The molecule has 0 heterocycles. The Morgan fingerprint density at radius 1 is 0.415 bits per heavy atom. The number of ether oxygens (including phenoxy) is 1. The van der Waals surface area contributed by atoms with Crippen LogP contribution in [0.2, 0.25) is 0 Å². The van der Waals surface area contributed by atoms with Crippen LogP contribution in [0.3, 0.4) is 0 Å². The predicted octanol–water partition coefficient (Wildman–Crippen LogP) is 7.46. The van der Waals surface area contributed by atoms with E-state index in [1.54, 1.807) is 0 Å². The number of rotatable bonds is 10. The van der Waals surface area contributed by atoms with Gasteiger partial charge in [-0.1, -0.05) is 36.4 Å². The number of benzene rings is 4. The van der Waals surface area contributed by atoms with E-state index >= 15 is 0 Å². The largest absolute Gasteiger partial charge is 0.378 e. The molecular formula is C36H46N4O. The summed E-state index contributed by atoms with van der Waals surface area (Å²) in [5.41, 5.74) is 11.7. The third-order valence-corrected chi connectivity index (χ3v) is 7.80. The van der Waals surface area contributed by atoms with Crippen LogP contribution in [0, 0.1) is 13.8 Å². The highest BCUT2D eigenvalue weighted by Gasteiger charge is 2.26. The smallest absolute Gasteiger partial charge is 0.109 e. The summed E-state index contributed by atoms with van der Waals surface area (Å²) < 4.78 is 7.30. The van der Waals surface area contributed by atoms with Gasteiger partial charge in [-0.05, 0) is 95.8 Å². The minimum absolute atomic E-state index is 0.256. The SMILES string of the molecule is Cc1cc(N(C)C)ccc1C(OC(c1ccc(N(C)C)cc1)c1ccc(N(C)C)cc1C)c1ccc(N(C)C)cc1. The molecule has 0 amide bonds. The minimum Gasteiger partial charge on any atom is -0.378 e. The lowest BCUT2D eigenvalue weighted by Gasteiger charge is -2.30. The molecule has 0 saturated carbocycles. The summed E-state index contributed by atoms with van der Waals surface area (Å²) in [6.07, 6.45) is -0.511. The highest BCUT2D eigenvalue weighted by Crippen LogP contribution is 2.40. The van der Waals surface area contributed by atoms with Gasteiger partial charge in [0.25, 0.3) is 0 Å². The molecule has 0 N–H and O–H groups in total. The molecule has 0 aliphatic carbocycles. The molecule has 2 unspecified atom stereocenters. The molecule has 0 fully saturated rings. The van der Waals surface area contributed by atoms with Crippen LogP contribution < -0.4 is 19.6 Å². The van der Waals surface area contributed by atoms with Crippen molar-refractivity contribution in [3.63, 3.8) is 0 Å². The molecule has 0 bridgehead atoms. The van der Waals surface area contributed by atoms with Gasteiger partial charge in [0, 0.05) is 79.1 Å². The number of aryl methyl sites for hydroxylation is 2. The maximum atomic E-state index is 7.30. The predicted molar refractivity (Wildman–Crippen MR) is 177 cm³/mol. The second-order valence-electron chi connectivity index (χ2n) is 11.7. The van der Waals surface area contributed by atoms with Crippen molar-refractivity contribution in [2.45, 2.75) is 26.1 Å². The molecule has 41 heavy (non-hydrogen) atoms. The van der Waals surface area contributed by atoms with Gasteiger partial charge in [-0.25, -0.2) is 0 Å². The molecule has 0 aromatic heterocycles. The van der Waals surface area contributed by atoms with Crippen LogP contribution in [0.5, 0.6) is 0 Å². The average Bonchev–Trinajstić information content (AvgIpc) is 2.94. The van der Waals surface area contributed by atoms with E-state index in [2.05, 4.69) is 175 Å². The first-order chi connectivity index (χ1) is 19.5. The average molecular weight is 551 g/mol. The van der Waals surface area contributed by atoms with Crippen molar-refractivity contribution in [2.24, 2.45) is 0 Å². The lowest BCUT2D eigenvalue weighted by Crippen LogP contribution is -2.17. The van der Waals surface area contributed by atoms with Crippen LogP contribution in [0.15, 0.2) is 84.9 Å². The molecular weight excluding hydrogens is 504 g/mol. The second kappa shape index (κ2) is 12.7. The Hall–Kier alpha value is -3.96. The summed E-state index contributed by atoms with van der Waals surface area (Å²) in [7, 11) is 16.6.